The van der Waals surface area contributed by atoms with Gasteiger partial charge in [-0.3, -0.25) is 9.59 Å². The molecule has 1 amide bonds. The Morgan fingerprint density at radius 2 is 2.04 bits per heavy atom. The second kappa shape index (κ2) is 6.71. The highest BCUT2D eigenvalue weighted by atomic mass is 16.4. The van der Waals surface area contributed by atoms with Crippen molar-refractivity contribution in [3.63, 3.8) is 0 Å². The van der Waals surface area contributed by atoms with Gasteiger partial charge in [0.1, 0.15) is 5.76 Å². The molecule has 2 aromatic heterocycles. The third kappa shape index (κ3) is 3.45. The van der Waals surface area contributed by atoms with Crippen molar-refractivity contribution >= 4 is 11.6 Å². The van der Waals surface area contributed by atoms with Crippen LogP contribution in [0.2, 0.25) is 0 Å². The van der Waals surface area contributed by atoms with Crippen molar-refractivity contribution in [3.8, 4) is 12.3 Å². The van der Waals surface area contributed by atoms with Crippen LogP contribution in [0.5, 0.6) is 0 Å². The molecule has 2 heterocycles. The lowest BCUT2D eigenvalue weighted by atomic mass is 10.2. The summed E-state index contributed by atoms with van der Waals surface area (Å²) in [5.74, 6) is 2.82. The molecule has 0 aliphatic heterocycles. The number of nitrogens with zero attached hydrogens (tertiary/aromatic N) is 1. The Morgan fingerprint density at radius 3 is 2.83 bits per heavy atom. The fraction of sp³-hybridized carbons (Fsp3) is 0.0526. The van der Waals surface area contributed by atoms with Gasteiger partial charge in [0.2, 0.25) is 0 Å². The summed E-state index contributed by atoms with van der Waals surface area (Å²) in [6.07, 6.45) is 7.00. The summed E-state index contributed by atoms with van der Waals surface area (Å²) in [6.45, 7) is 0.263. The van der Waals surface area contributed by atoms with E-state index in [1.165, 1.54) is 10.6 Å². The van der Waals surface area contributed by atoms with Gasteiger partial charge in [-0.05, 0) is 36.4 Å². The van der Waals surface area contributed by atoms with Crippen molar-refractivity contribution < 1.29 is 9.21 Å². The van der Waals surface area contributed by atoms with Gasteiger partial charge in [0.15, 0.2) is 5.76 Å². The first-order chi connectivity index (χ1) is 11.7. The lowest BCUT2D eigenvalue weighted by Gasteiger charge is -2.04. The fourth-order valence-electron chi connectivity index (χ4n) is 2.22. The van der Waals surface area contributed by atoms with E-state index in [9.17, 15) is 9.59 Å². The highest BCUT2D eigenvalue weighted by molar-refractivity contribution is 6.02. The molecule has 0 fully saturated rings. The molecule has 1 aromatic carbocycles. The Bertz CT molecular complexity index is 976. The van der Waals surface area contributed by atoms with Crippen molar-refractivity contribution in [2.75, 3.05) is 5.32 Å². The standard InChI is InChI=1S/C19H14N2O3/c1-2-14-6-5-7-15(12-14)20-19(23)17-10-9-16(24-17)13-21-11-4-3-8-18(21)22/h1,3-12H,13H2,(H,20,23). The molecule has 0 aliphatic carbocycles. The minimum atomic E-state index is -0.379. The molecular weight excluding hydrogens is 304 g/mol. The van der Waals surface area contributed by atoms with E-state index in [0.29, 0.717) is 17.0 Å². The van der Waals surface area contributed by atoms with Gasteiger partial charge in [-0.25, -0.2) is 0 Å². The molecule has 0 bridgehead atoms. The van der Waals surface area contributed by atoms with Crippen LogP contribution in [0.1, 0.15) is 21.9 Å². The number of pyridine rings is 1. The highest BCUT2D eigenvalue weighted by Crippen LogP contribution is 2.14. The number of furan rings is 1. The summed E-state index contributed by atoms with van der Waals surface area (Å²) in [4.78, 5) is 23.9. The zero-order chi connectivity index (χ0) is 16.9. The van der Waals surface area contributed by atoms with Crippen LogP contribution in [-0.2, 0) is 6.54 Å². The van der Waals surface area contributed by atoms with Crippen LogP contribution < -0.4 is 10.9 Å². The molecule has 3 aromatic rings. The SMILES string of the molecule is C#Cc1cccc(NC(=O)c2ccc(Cn3ccccc3=O)o2)c1. The Hall–Kier alpha value is -3.52. The van der Waals surface area contributed by atoms with Gasteiger partial charge in [-0.2, -0.15) is 0 Å². The average molecular weight is 318 g/mol. The number of terminal acetylenes is 1. The summed E-state index contributed by atoms with van der Waals surface area (Å²) in [6, 6.07) is 15.1. The van der Waals surface area contributed by atoms with Gasteiger partial charge in [0, 0.05) is 23.5 Å². The third-order valence-corrected chi connectivity index (χ3v) is 3.40. The molecule has 24 heavy (non-hydrogen) atoms. The van der Waals surface area contributed by atoms with E-state index in [1.54, 1.807) is 54.7 Å². The number of rotatable bonds is 4. The minimum absolute atomic E-state index is 0.133. The Morgan fingerprint density at radius 1 is 1.17 bits per heavy atom. The number of carbonyl (C=O) groups is 1. The molecule has 1 N–H and O–H groups in total. The molecule has 0 unspecified atom stereocenters. The number of anilines is 1. The molecule has 0 radical (unpaired) electrons. The van der Waals surface area contributed by atoms with Gasteiger partial charge in [0.05, 0.1) is 6.54 Å². The zero-order valence-corrected chi connectivity index (χ0v) is 12.7. The van der Waals surface area contributed by atoms with Crippen molar-refractivity contribution in [3.05, 3.63) is 88.2 Å². The third-order valence-electron chi connectivity index (χ3n) is 3.40. The predicted molar refractivity (Wildman–Crippen MR) is 90.8 cm³/mol. The fourth-order valence-corrected chi connectivity index (χ4v) is 2.22. The molecule has 0 saturated heterocycles. The van der Waals surface area contributed by atoms with E-state index in [2.05, 4.69) is 11.2 Å². The average Bonchev–Trinajstić information content (AvgIpc) is 3.06. The maximum Gasteiger partial charge on any atom is 0.291 e. The quantitative estimate of drug-likeness (QED) is 0.752. The number of nitrogens with one attached hydrogen (secondary N) is 1. The number of amides is 1. The topological polar surface area (TPSA) is 64.2 Å². The number of hydrogen-bond acceptors (Lipinski definition) is 3. The Labute approximate surface area is 138 Å². The first-order valence-corrected chi connectivity index (χ1v) is 7.28. The van der Waals surface area contributed by atoms with Crippen molar-refractivity contribution in [1.82, 2.24) is 4.57 Å². The number of benzene rings is 1. The van der Waals surface area contributed by atoms with Crippen LogP contribution >= 0.6 is 0 Å². The van der Waals surface area contributed by atoms with E-state index in [-0.39, 0.29) is 23.8 Å². The van der Waals surface area contributed by atoms with Crippen LogP contribution in [0.3, 0.4) is 0 Å². The van der Waals surface area contributed by atoms with Crippen LogP contribution in [0.4, 0.5) is 5.69 Å². The van der Waals surface area contributed by atoms with Crippen LogP contribution in [0, 0.1) is 12.3 Å². The molecule has 3 rings (SSSR count). The lowest BCUT2D eigenvalue weighted by molar-refractivity contribution is 0.0995. The maximum atomic E-state index is 12.2. The smallest absolute Gasteiger partial charge is 0.291 e. The van der Waals surface area contributed by atoms with E-state index < -0.39 is 0 Å². The molecule has 5 nitrogen and oxygen atoms in total. The summed E-state index contributed by atoms with van der Waals surface area (Å²) in [7, 11) is 0. The molecule has 0 spiro atoms. The van der Waals surface area contributed by atoms with Gasteiger partial charge in [-0.1, -0.05) is 18.1 Å². The molecule has 0 aliphatic rings. The number of hydrogen-bond donors (Lipinski definition) is 1. The molecule has 118 valence electrons. The molecular formula is C19H14N2O3. The number of carbonyl (C=O) groups excluding carboxylic acids is 1. The van der Waals surface area contributed by atoms with E-state index in [0.717, 1.165) is 0 Å². The first kappa shape index (κ1) is 15.4. The highest BCUT2D eigenvalue weighted by Gasteiger charge is 2.12. The van der Waals surface area contributed by atoms with E-state index >= 15 is 0 Å². The monoisotopic (exact) mass is 318 g/mol. The second-order valence-corrected chi connectivity index (χ2v) is 5.11. The van der Waals surface area contributed by atoms with Gasteiger partial charge < -0.3 is 14.3 Å². The first-order valence-electron chi connectivity index (χ1n) is 7.28. The van der Waals surface area contributed by atoms with Gasteiger partial charge in [-0.15, -0.1) is 6.42 Å². The van der Waals surface area contributed by atoms with Crippen molar-refractivity contribution in [2.45, 2.75) is 6.54 Å². The lowest BCUT2D eigenvalue weighted by Crippen LogP contribution is -2.18. The number of aromatic nitrogens is 1. The largest absolute Gasteiger partial charge is 0.454 e. The van der Waals surface area contributed by atoms with Crippen LogP contribution in [0.25, 0.3) is 0 Å². The summed E-state index contributed by atoms with van der Waals surface area (Å²) in [5, 5.41) is 2.72. The molecule has 0 atom stereocenters. The van der Waals surface area contributed by atoms with Gasteiger partial charge >= 0.3 is 0 Å². The van der Waals surface area contributed by atoms with Gasteiger partial charge in [0.25, 0.3) is 11.5 Å². The van der Waals surface area contributed by atoms with Crippen LogP contribution in [0.15, 0.2) is 70.0 Å². The Kier molecular flexibility index (Phi) is 4.30. The van der Waals surface area contributed by atoms with Crippen LogP contribution in [-0.4, -0.2) is 10.5 Å². The predicted octanol–water partition coefficient (Wildman–Crippen LogP) is 2.72. The summed E-state index contributed by atoms with van der Waals surface area (Å²) < 4.78 is 7.02. The van der Waals surface area contributed by atoms with E-state index in [1.807, 2.05) is 0 Å². The molecule has 0 saturated carbocycles. The summed E-state index contributed by atoms with van der Waals surface area (Å²) >= 11 is 0. The van der Waals surface area contributed by atoms with Crippen molar-refractivity contribution in [1.29, 1.82) is 0 Å². The Balaban J connectivity index is 1.73. The second-order valence-electron chi connectivity index (χ2n) is 5.11. The molecule has 5 heteroatoms. The minimum Gasteiger partial charge on any atom is -0.454 e. The summed E-state index contributed by atoms with van der Waals surface area (Å²) in [5.41, 5.74) is 1.13. The van der Waals surface area contributed by atoms with Crippen molar-refractivity contribution in [2.24, 2.45) is 0 Å². The van der Waals surface area contributed by atoms with E-state index in [4.69, 9.17) is 10.8 Å². The maximum absolute atomic E-state index is 12.2. The zero-order valence-electron chi connectivity index (χ0n) is 12.7. The normalized spacial score (nSPS) is 10.1.